The van der Waals surface area contributed by atoms with Crippen LogP contribution in [0.4, 0.5) is 0 Å². The predicted molar refractivity (Wildman–Crippen MR) is 336 cm³/mol. The molecule has 0 radical (unpaired) electrons. The van der Waals surface area contributed by atoms with Crippen LogP contribution in [0, 0.1) is 0 Å². The van der Waals surface area contributed by atoms with Gasteiger partial charge in [-0.25, -0.2) is 15.0 Å². The van der Waals surface area contributed by atoms with Gasteiger partial charge in [0.05, 0.1) is 22.0 Å². The highest BCUT2D eigenvalue weighted by atomic mass is 32.1. The van der Waals surface area contributed by atoms with Crippen molar-refractivity contribution in [3.05, 3.63) is 265 Å². The quantitative estimate of drug-likeness (QED) is 0.176. The summed E-state index contributed by atoms with van der Waals surface area (Å²) in [4.78, 5) is 16.4. The van der Waals surface area contributed by atoms with Crippen molar-refractivity contribution >= 4 is 112 Å². The molecule has 4 nitrogen and oxygen atoms in total. The van der Waals surface area contributed by atoms with Gasteiger partial charge < -0.3 is 4.40 Å². The Kier molecular flexibility index (Phi) is 8.46. The summed E-state index contributed by atoms with van der Waals surface area (Å²) >= 11 is 3.71. The summed E-state index contributed by atoms with van der Waals surface area (Å²) in [7, 11) is 0. The standard InChI is InChI=1S/C74H40N4S2/c1-6-23-57-47(15-1)48-16-2-7-24-58(48)74(57)59-25-8-3-17-49(59)56-39-44(32-36-60(56)74)72-75-71(76-73(77-72)55-22-13-28-64-67(55)54-19-5-10-27-63(54)79-64)43-31-33-46-41(38-43)14-11-20-45(46)42-30-34-51-52-21-12-29-65-68(52)69-66(80-65)37-35-53-50-18-4-9-26-61(50)78(70(53)69)62(51)40-42/h1-40H. The Morgan fingerprint density at radius 2 is 0.812 bits per heavy atom. The molecule has 0 aliphatic heterocycles. The highest BCUT2D eigenvalue weighted by Gasteiger charge is 2.51. The third kappa shape index (κ3) is 5.56. The Morgan fingerprint density at radius 3 is 1.62 bits per heavy atom. The summed E-state index contributed by atoms with van der Waals surface area (Å²) in [5.74, 6) is 1.93. The van der Waals surface area contributed by atoms with Gasteiger partial charge in [0.2, 0.25) is 0 Å². The third-order valence-corrected chi connectivity index (χ3v) is 20.1. The van der Waals surface area contributed by atoms with Gasteiger partial charge in [-0.3, -0.25) is 0 Å². The zero-order valence-electron chi connectivity index (χ0n) is 42.7. The zero-order valence-corrected chi connectivity index (χ0v) is 44.3. The van der Waals surface area contributed by atoms with Gasteiger partial charge in [0, 0.05) is 73.2 Å². The van der Waals surface area contributed by atoms with Crippen LogP contribution < -0.4 is 0 Å². The SMILES string of the molecule is c1ccc2c(c1)-c1ccccc1C21c2ccccc2-c2cc(-c3nc(-c4ccc5c(-c6ccc7c8cccc9sc%10ccc%11c%12ccccc%12n(c7c6)c%11c%10c98)cccc5c4)nc(-c4cccc5sc6ccccc6c45)n3)ccc21. The molecular weight excluding hydrogens is 1010 g/mol. The summed E-state index contributed by atoms with van der Waals surface area (Å²) in [5.41, 5.74) is 18.8. The molecule has 2 aliphatic rings. The van der Waals surface area contributed by atoms with Crippen LogP contribution in [0.1, 0.15) is 22.3 Å². The van der Waals surface area contributed by atoms with Gasteiger partial charge in [0.1, 0.15) is 0 Å². The first-order chi connectivity index (χ1) is 39.7. The molecule has 0 atom stereocenters. The maximum absolute atomic E-state index is 5.48. The first kappa shape index (κ1) is 43.2. The van der Waals surface area contributed by atoms with E-state index in [9.17, 15) is 0 Å². The number of rotatable bonds is 4. The van der Waals surface area contributed by atoms with Crippen molar-refractivity contribution in [1.29, 1.82) is 0 Å². The van der Waals surface area contributed by atoms with Gasteiger partial charge in [-0.2, -0.15) is 0 Å². The van der Waals surface area contributed by atoms with Crippen LogP contribution in [-0.2, 0) is 5.41 Å². The number of para-hydroxylation sites is 1. The molecule has 0 fully saturated rings. The molecule has 1 spiro atoms. The van der Waals surface area contributed by atoms with Gasteiger partial charge in [-0.15, -0.1) is 22.7 Å². The van der Waals surface area contributed by atoms with Gasteiger partial charge >= 0.3 is 0 Å². The van der Waals surface area contributed by atoms with Crippen LogP contribution in [-0.4, -0.2) is 19.4 Å². The molecule has 2 aliphatic carbocycles. The van der Waals surface area contributed by atoms with E-state index in [4.69, 9.17) is 15.0 Å². The van der Waals surface area contributed by atoms with Crippen molar-refractivity contribution < 1.29 is 0 Å². The molecule has 0 saturated heterocycles. The Hall–Kier alpha value is -9.85. The van der Waals surface area contributed by atoms with E-state index in [2.05, 4.69) is 247 Å². The fourth-order valence-electron chi connectivity index (χ4n) is 14.6. The molecule has 5 heterocycles. The molecule has 12 aromatic carbocycles. The number of nitrogens with zero attached hydrogens (tertiary/aromatic N) is 4. The molecule has 0 unspecified atom stereocenters. The average Bonchev–Trinajstić information content (AvgIpc) is 4.50. The van der Waals surface area contributed by atoms with Crippen molar-refractivity contribution in [3.63, 3.8) is 0 Å². The van der Waals surface area contributed by atoms with E-state index in [-0.39, 0.29) is 0 Å². The van der Waals surface area contributed by atoms with Crippen LogP contribution in [0.2, 0.25) is 0 Å². The summed E-state index contributed by atoms with van der Waals surface area (Å²) in [6, 6.07) is 90.0. The molecule has 19 rings (SSSR count). The minimum atomic E-state index is -0.439. The van der Waals surface area contributed by atoms with Crippen LogP contribution in [0.15, 0.2) is 243 Å². The first-order valence-electron chi connectivity index (χ1n) is 27.3. The fourth-order valence-corrected chi connectivity index (χ4v) is 16.8. The highest BCUT2D eigenvalue weighted by Crippen LogP contribution is 2.63. The lowest BCUT2D eigenvalue weighted by molar-refractivity contribution is 0.794. The van der Waals surface area contributed by atoms with Crippen molar-refractivity contribution in [3.8, 4) is 67.5 Å². The molecule has 368 valence electrons. The third-order valence-electron chi connectivity index (χ3n) is 17.8. The van der Waals surface area contributed by atoms with Gasteiger partial charge in [-0.1, -0.05) is 194 Å². The predicted octanol–water partition coefficient (Wildman–Crippen LogP) is 19.9. The second kappa shape index (κ2) is 15.7. The van der Waals surface area contributed by atoms with Gasteiger partial charge in [0.15, 0.2) is 17.5 Å². The van der Waals surface area contributed by atoms with Gasteiger partial charge in [-0.05, 0) is 120 Å². The Morgan fingerprint density at radius 1 is 0.287 bits per heavy atom. The maximum Gasteiger partial charge on any atom is 0.164 e. The Bertz CT molecular complexity index is 5540. The van der Waals surface area contributed by atoms with E-state index in [1.165, 1.54) is 139 Å². The summed E-state index contributed by atoms with van der Waals surface area (Å²) < 4.78 is 7.64. The second-order valence-electron chi connectivity index (χ2n) is 21.7. The van der Waals surface area contributed by atoms with E-state index in [1.807, 2.05) is 22.7 Å². The van der Waals surface area contributed by atoms with E-state index in [0.29, 0.717) is 17.5 Å². The van der Waals surface area contributed by atoms with Crippen LogP contribution in [0.25, 0.3) is 157 Å². The molecule has 17 aromatic rings. The van der Waals surface area contributed by atoms with Crippen LogP contribution in [0.5, 0.6) is 0 Å². The van der Waals surface area contributed by atoms with Crippen molar-refractivity contribution in [2.24, 2.45) is 0 Å². The largest absolute Gasteiger partial charge is 0.308 e. The summed E-state index contributed by atoms with van der Waals surface area (Å²) in [5, 5.41) is 12.5. The smallest absolute Gasteiger partial charge is 0.164 e. The topological polar surface area (TPSA) is 43.1 Å². The Balaban J connectivity index is 0.809. The zero-order chi connectivity index (χ0) is 51.9. The van der Waals surface area contributed by atoms with Crippen LogP contribution in [0.3, 0.4) is 0 Å². The number of hydrogen-bond donors (Lipinski definition) is 0. The number of aromatic nitrogens is 4. The minimum absolute atomic E-state index is 0.439. The Labute approximate surface area is 466 Å². The molecule has 0 bridgehead atoms. The molecule has 0 N–H and O–H groups in total. The molecule has 6 heteroatoms. The van der Waals surface area contributed by atoms with Crippen molar-refractivity contribution in [2.45, 2.75) is 5.41 Å². The molecular formula is C74H40N4S2. The average molecular weight is 1050 g/mol. The summed E-state index contributed by atoms with van der Waals surface area (Å²) in [6.45, 7) is 0. The highest BCUT2D eigenvalue weighted by molar-refractivity contribution is 7.26. The number of thiophene rings is 2. The lowest BCUT2D eigenvalue weighted by atomic mass is 9.70. The second-order valence-corrected chi connectivity index (χ2v) is 23.8. The molecule has 80 heavy (non-hydrogen) atoms. The summed E-state index contributed by atoms with van der Waals surface area (Å²) in [6.07, 6.45) is 0. The number of hydrogen-bond acceptors (Lipinski definition) is 5. The van der Waals surface area contributed by atoms with E-state index in [1.54, 1.807) is 0 Å². The molecule has 0 amide bonds. The first-order valence-corrected chi connectivity index (χ1v) is 29.0. The van der Waals surface area contributed by atoms with Crippen molar-refractivity contribution in [1.82, 2.24) is 19.4 Å². The lowest BCUT2D eigenvalue weighted by Crippen LogP contribution is -2.25. The van der Waals surface area contributed by atoms with E-state index >= 15 is 0 Å². The number of benzene rings is 12. The van der Waals surface area contributed by atoms with Gasteiger partial charge in [0.25, 0.3) is 0 Å². The van der Waals surface area contributed by atoms with Crippen molar-refractivity contribution in [2.75, 3.05) is 0 Å². The molecule has 5 aromatic heterocycles. The fraction of sp³-hybridized carbons (Fsp3) is 0.0135. The van der Waals surface area contributed by atoms with E-state index in [0.717, 1.165) is 22.1 Å². The minimum Gasteiger partial charge on any atom is -0.308 e. The number of fused-ring (bicyclic) bond motifs is 20. The normalized spacial score (nSPS) is 13.3. The maximum atomic E-state index is 5.48. The van der Waals surface area contributed by atoms with Crippen LogP contribution >= 0.6 is 22.7 Å². The molecule has 0 saturated carbocycles. The monoisotopic (exact) mass is 1050 g/mol. The lowest BCUT2D eigenvalue weighted by Gasteiger charge is -2.30. The van der Waals surface area contributed by atoms with E-state index < -0.39 is 5.41 Å².